The van der Waals surface area contributed by atoms with E-state index in [2.05, 4.69) is 0 Å². The summed E-state index contributed by atoms with van der Waals surface area (Å²) in [5.41, 5.74) is 0.377. The maximum absolute atomic E-state index is 11.6. The van der Waals surface area contributed by atoms with Crippen molar-refractivity contribution in [1.29, 1.82) is 0 Å². The lowest BCUT2D eigenvalue weighted by Gasteiger charge is -2.40. The molecule has 19 heavy (non-hydrogen) atoms. The van der Waals surface area contributed by atoms with Gasteiger partial charge in [0, 0.05) is 16.3 Å². The van der Waals surface area contributed by atoms with Gasteiger partial charge in [-0.2, -0.15) is 11.8 Å². The van der Waals surface area contributed by atoms with Gasteiger partial charge >= 0.3 is 6.09 Å². The largest absolute Gasteiger partial charge is 0.465 e. The highest BCUT2D eigenvalue weighted by atomic mass is 35.5. The van der Waals surface area contributed by atoms with Crippen molar-refractivity contribution in [1.82, 2.24) is 4.90 Å². The van der Waals surface area contributed by atoms with Crippen molar-refractivity contribution in [2.24, 2.45) is 0 Å². The van der Waals surface area contributed by atoms with Gasteiger partial charge in [0.05, 0.1) is 6.04 Å². The van der Waals surface area contributed by atoms with E-state index in [0.717, 1.165) is 5.56 Å². The molecule has 1 aromatic rings. The van der Waals surface area contributed by atoms with Gasteiger partial charge in [0.1, 0.15) is 0 Å². The molecule has 0 aliphatic carbocycles. The van der Waals surface area contributed by atoms with Crippen LogP contribution in [0.1, 0.15) is 32.4 Å². The molecule has 1 unspecified atom stereocenters. The quantitative estimate of drug-likeness (QED) is 0.888. The van der Waals surface area contributed by atoms with Crippen LogP contribution in [-0.2, 0) is 0 Å². The molecule has 0 aliphatic heterocycles. The van der Waals surface area contributed by atoms with E-state index < -0.39 is 11.6 Å². The molecule has 0 radical (unpaired) electrons. The van der Waals surface area contributed by atoms with Crippen LogP contribution in [0.15, 0.2) is 24.3 Å². The van der Waals surface area contributed by atoms with Gasteiger partial charge in [-0.3, -0.25) is 4.90 Å². The Hall–Kier alpha value is -0.870. The number of hydrogen-bond donors (Lipinski definition) is 1. The van der Waals surface area contributed by atoms with Crippen LogP contribution in [0.4, 0.5) is 4.79 Å². The number of nitrogens with zero attached hydrogens (tertiary/aromatic N) is 1. The molecule has 0 spiro atoms. The Bertz CT molecular complexity index is 445. The van der Waals surface area contributed by atoms with E-state index in [4.69, 9.17) is 11.6 Å². The summed E-state index contributed by atoms with van der Waals surface area (Å²) in [5.74, 6) is 0.674. The number of halogens is 1. The van der Waals surface area contributed by atoms with Crippen molar-refractivity contribution in [3.63, 3.8) is 0 Å². The molecule has 0 fully saturated rings. The van der Waals surface area contributed by atoms with Crippen molar-refractivity contribution in [3.8, 4) is 0 Å². The fourth-order valence-corrected chi connectivity index (χ4v) is 3.00. The third-order valence-corrected chi connectivity index (χ3v) is 3.82. The van der Waals surface area contributed by atoms with Crippen LogP contribution in [0, 0.1) is 0 Å². The van der Waals surface area contributed by atoms with E-state index in [1.807, 2.05) is 45.2 Å². The Kier molecular flexibility index (Phi) is 5.56. The SMILES string of the molecule is CSCC(c1ccccc1Cl)N(C(=O)O)C(C)(C)C. The lowest BCUT2D eigenvalue weighted by atomic mass is 9.99. The van der Waals surface area contributed by atoms with Crippen LogP contribution in [0.5, 0.6) is 0 Å². The fourth-order valence-electron chi connectivity index (χ4n) is 2.09. The van der Waals surface area contributed by atoms with Gasteiger partial charge in [-0.15, -0.1) is 0 Å². The summed E-state index contributed by atoms with van der Waals surface area (Å²) in [7, 11) is 0. The number of hydrogen-bond acceptors (Lipinski definition) is 2. The van der Waals surface area contributed by atoms with E-state index in [9.17, 15) is 9.90 Å². The van der Waals surface area contributed by atoms with Gasteiger partial charge in [0.2, 0.25) is 0 Å². The molecular weight excluding hydrogens is 282 g/mol. The molecule has 1 aromatic carbocycles. The highest BCUT2D eigenvalue weighted by molar-refractivity contribution is 7.98. The molecule has 1 N–H and O–H groups in total. The predicted molar refractivity (Wildman–Crippen MR) is 82.2 cm³/mol. The Balaban J connectivity index is 3.26. The minimum atomic E-state index is -0.925. The molecule has 0 bridgehead atoms. The molecule has 0 heterocycles. The second kappa shape index (κ2) is 6.53. The molecule has 1 amide bonds. The van der Waals surface area contributed by atoms with Gasteiger partial charge in [-0.05, 0) is 38.7 Å². The third kappa shape index (κ3) is 4.05. The third-order valence-electron chi connectivity index (χ3n) is 2.83. The summed E-state index contributed by atoms with van der Waals surface area (Å²) in [4.78, 5) is 13.1. The summed E-state index contributed by atoms with van der Waals surface area (Å²) < 4.78 is 0. The van der Waals surface area contributed by atoms with Crippen molar-refractivity contribution >= 4 is 29.5 Å². The van der Waals surface area contributed by atoms with Gasteiger partial charge in [0.15, 0.2) is 0 Å². The molecule has 1 atom stereocenters. The van der Waals surface area contributed by atoms with Crippen molar-refractivity contribution in [2.45, 2.75) is 32.4 Å². The monoisotopic (exact) mass is 301 g/mol. The van der Waals surface area contributed by atoms with Crippen LogP contribution in [0.2, 0.25) is 5.02 Å². The smallest absolute Gasteiger partial charge is 0.408 e. The van der Waals surface area contributed by atoms with E-state index in [1.165, 1.54) is 4.90 Å². The molecule has 0 saturated carbocycles. The zero-order valence-electron chi connectivity index (χ0n) is 11.7. The first-order chi connectivity index (χ1) is 8.79. The van der Waals surface area contributed by atoms with Gasteiger partial charge in [0.25, 0.3) is 0 Å². The van der Waals surface area contributed by atoms with Crippen molar-refractivity contribution in [2.75, 3.05) is 12.0 Å². The summed E-state index contributed by atoms with van der Waals surface area (Å²) in [6.07, 6.45) is 1.04. The molecule has 5 heteroatoms. The van der Waals surface area contributed by atoms with Crippen molar-refractivity contribution < 1.29 is 9.90 Å². The second-order valence-electron chi connectivity index (χ2n) is 5.32. The lowest BCUT2D eigenvalue weighted by Crippen LogP contribution is -2.48. The molecular formula is C14H20ClNO2S. The first-order valence-electron chi connectivity index (χ1n) is 6.04. The van der Waals surface area contributed by atoms with E-state index >= 15 is 0 Å². The standard InChI is InChI=1S/C14H20ClNO2S/c1-14(2,3)16(13(17)18)12(9-19-4)10-7-5-6-8-11(10)15/h5-8,12H,9H2,1-4H3,(H,17,18). The van der Waals surface area contributed by atoms with Gasteiger partial charge in [-0.1, -0.05) is 29.8 Å². The molecule has 106 valence electrons. The zero-order chi connectivity index (χ0) is 14.6. The molecule has 0 aliphatic rings. The van der Waals surface area contributed by atoms with Crippen LogP contribution in [0.25, 0.3) is 0 Å². The Labute approximate surface area is 123 Å². The maximum Gasteiger partial charge on any atom is 0.408 e. The summed E-state index contributed by atoms with van der Waals surface area (Å²) >= 11 is 7.84. The van der Waals surface area contributed by atoms with Crippen LogP contribution < -0.4 is 0 Å². The highest BCUT2D eigenvalue weighted by Gasteiger charge is 2.34. The normalized spacial score (nSPS) is 13.1. The average molecular weight is 302 g/mol. The molecule has 1 rings (SSSR count). The number of rotatable bonds is 4. The van der Waals surface area contributed by atoms with Crippen LogP contribution >= 0.6 is 23.4 Å². The van der Waals surface area contributed by atoms with Crippen LogP contribution in [-0.4, -0.2) is 33.6 Å². The minimum Gasteiger partial charge on any atom is -0.465 e. The first-order valence-corrected chi connectivity index (χ1v) is 7.82. The van der Waals surface area contributed by atoms with E-state index in [1.54, 1.807) is 17.8 Å². The Morgan fingerprint density at radius 1 is 1.42 bits per heavy atom. The summed E-state index contributed by atoms with van der Waals surface area (Å²) in [6, 6.07) is 7.18. The summed E-state index contributed by atoms with van der Waals surface area (Å²) in [6.45, 7) is 5.68. The Morgan fingerprint density at radius 2 is 2.00 bits per heavy atom. The maximum atomic E-state index is 11.6. The van der Waals surface area contributed by atoms with Gasteiger partial charge in [-0.25, -0.2) is 4.79 Å². The first kappa shape index (κ1) is 16.2. The zero-order valence-corrected chi connectivity index (χ0v) is 13.3. The second-order valence-corrected chi connectivity index (χ2v) is 6.63. The molecule has 0 aromatic heterocycles. The van der Waals surface area contributed by atoms with E-state index in [-0.39, 0.29) is 6.04 Å². The molecule has 3 nitrogen and oxygen atoms in total. The van der Waals surface area contributed by atoms with Gasteiger partial charge < -0.3 is 5.11 Å². The fraction of sp³-hybridized carbons (Fsp3) is 0.500. The number of amides is 1. The number of benzene rings is 1. The van der Waals surface area contributed by atoms with E-state index in [0.29, 0.717) is 10.8 Å². The minimum absolute atomic E-state index is 0.249. The van der Waals surface area contributed by atoms with Crippen LogP contribution in [0.3, 0.4) is 0 Å². The number of carbonyl (C=O) groups is 1. The summed E-state index contributed by atoms with van der Waals surface area (Å²) in [5, 5.41) is 10.1. The topological polar surface area (TPSA) is 40.5 Å². The lowest BCUT2D eigenvalue weighted by molar-refractivity contribution is 0.0767. The number of carboxylic acid groups (broad SMARTS) is 1. The van der Waals surface area contributed by atoms with Crippen molar-refractivity contribution in [3.05, 3.63) is 34.9 Å². The average Bonchev–Trinajstić information content (AvgIpc) is 2.26. The molecule has 0 saturated heterocycles. The Morgan fingerprint density at radius 3 is 2.42 bits per heavy atom. The number of thioether (sulfide) groups is 1. The highest BCUT2D eigenvalue weighted by Crippen LogP contribution is 2.34. The predicted octanol–water partition coefficient (Wildman–Crippen LogP) is 4.52.